The van der Waals surface area contributed by atoms with Crippen molar-refractivity contribution < 1.29 is 9.59 Å². The Morgan fingerprint density at radius 1 is 0.548 bits per heavy atom. The second-order valence-electron chi connectivity index (χ2n) is 10.8. The third-order valence-electron chi connectivity index (χ3n) is 8.81. The maximum Gasteiger partial charge on any atom is 0.198 e. The average molecular weight is 592 g/mol. The van der Waals surface area contributed by atoms with Crippen molar-refractivity contribution in [3.63, 3.8) is 0 Å². The molecule has 198 valence electrons. The lowest BCUT2D eigenvalue weighted by atomic mass is 10.1. The van der Waals surface area contributed by atoms with E-state index in [0.29, 0.717) is 11.1 Å². The molecule has 2 aromatic heterocycles. The molecule has 42 heavy (non-hydrogen) atoms. The highest BCUT2D eigenvalue weighted by molar-refractivity contribution is 7.24. The monoisotopic (exact) mass is 591 g/mol. The Bertz CT molecular complexity index is 2040. The van der Waals surface area contributed by atoms with Crippen molar-refractivity contribution in [2.75, 3.05) is 4.90 Å². The predicted octanol–water partition coefficient (Wildman–Crippen LogP) is 6.41. The molecule has 0 saturated heterocycles. The minimum absolute atomic E-state index is 0.175. The first-order valence-electron chi connectivity index (χ1n) is 13.8. The van der Waals surface area contributed by atoms with Crippen molar-refractivity contribution in [2.24, 2.45) is 0 Å². The van der Waals surface area contributed by atoms with Crippen LogP contribution < -0.4 is 25.6 Å². The highest BCUT2D eigenvalue weighted by Crippen LogP contribution is 2.44. The number of fused-ring (bicyclic) bond motifs is 10. The molecule has 0 amide bonds. The van der Waals surface area contributed by atoms with Crippen LogP contribution in [0.5, 0.6) is 0 Å². The number of rotatable bonds is 2. The van der Waals surface area contributed by atoms with Crippen molar-refractivity contribution >= 4 is 85.5 Å². The summed E-state index contributed by atoms with van der Waals surface area (Å²) in [5.41, 5.74) is 6.35. The van der Waals surface area contributed by atoms with Crippen LogP contribution in [0.2, 0.25) is 0 Å². The number of nitrogens with zero attached hydrogens (tertiary/aromatic N) is 1. The molecule has 9 rings (SSSR count). The summed E-state index contributed by atoms with van der Waals surface area (Å²) in [5, 5.41) is 10.2. The first-order chi connectivity index (χ1) is 20.7. The van der Waals surface area contributed by atoms with E-state index in [1.807, 2.05) is 6.07 Å². The van der Waals surface area contributed by atoms with Crippen LogP contribution in [0.3, 0.4) is 0 Å². The predicted molar refractivity (Wildman–Crippen MR) is 176 cm³/mol. The number of Topliss-reactive ketones (excluding diaryl/α,β-unsaturated/α-hetero) is 2. The van der Waals surface area contributed by atoms with Crippen LogP contribution in [0.4, 0.5) is 16.4 Å². The summed E-state index contributed by atoms with van der Waals surface area (Å²) < 4.78 is 0. The second kappa shape index (κ2) is 8.69. The summed E-state index contributed by atoms with van der Waals surface area (Å²) in [6.07, 6.45) is 1.77. The smallest absolute Gasteiger partial charge is 0.198 e. The van der Waals surface area contributed by atoms with Crippen LogP contribution in [0.15, 0.2) is 126 Å². The van der Waals surface area contributed by atoms with E-state index < -0.39 is 8.07 Å². The summed E-state index contributed by atoms with van der Waals surface area (Å²) >= 11 is 3.00. The van der Waals surface area contributed by atoms with E-state index in [1.165, 1.54) is 54.6 Å². The lowest BCUT2D eigenvalue weighted by molar-refractivity contribution is 0.0990. The summed E-state index contributed by atoms with van der Waals surface area (Å²) in [7, 11) is -2.58. The normalized spacial score (nSPS) is 15.3. The van der Waals surface area contributed by atoms with Gasteiger partial charge < -0.3 is 4.90 Å². The average Bonchev–Trinajstić information content (AvgIpc) is 3.81. The molecule has 0 saturated carbocycles. The van der Waals surface area contributed by atoms with Crippen molar-refractivity contribution in [2.45, 2.75) is 0 Å². The van der Waals surface area contributed by atoms with E-state index in [4.69, 9.17) is 0 Å². The summed E-state index contributed by atoms with van der Waals surface area (Å²) in [4.78, 5) is 29.2. The number of carbonyl (C=O) groups excluding carboxylic acids is 2. The van der Waals surface area contributed by atoms with Gasteiger partial charge in [0.15, 0.2) is 19.6 Å². The molecule has 0 atom stereocenters. The number of benzene rings is 4. The Labute approximate surface area is 251 Å². The van der Waals surface area contributed by atoms with E-state index in [9.17, 15) is 9.59 Å². The van der Waals surface area contributed by atoms with Crippen LogP contribution in [0, 0.1) is 0 Å². The molecule has 6 aromatic rings. The highest BCUT2D eigenvalue weighted by Gasteiger charge is 2.53. The summed E-state index contributed by atoms with van der Waals surface area (Å²) in [5.74, 6) is -0.349. The third kappa shape index (κ3) is 2.98. The van der Waals surface area contributed by atoms with Crippen LogP contribution in [0.1, 0.15) is 25.6 Å². The number of para-hydroxylation sites is 2. The van der Waals surface area contributed by atoms with Gasteiger partial charge >= 0.3 is 0 Å². The lowest BCUT2D eigenvalue weighted by Gasteiger charge is -2.43. The minimum atomic E-state index is -2.58. The van der Waals surface area contributed by atoms with Gasteiger partial charge in [-0.25, -0.2) is 0 Å². The first kappa shape index (κ1) is 24.0. The molecule has 6 heteroatoms. The molecule has 3 aliphatic rings. The summed E-state index contributed by atoms with van der Waals surface area (Å²) in [6, 6.07) is 39.7. The molecule has 1 aliphatic carbocycles. The standard InChI is InChI=1S/C36H21NO2S2Si/c38-35-25(36(39)27-21-40-20-26(27)35)19-22-17-18-34(41-22)37-28-11-3-7-15-32(28)42(33-16-8-4-12-29(33)37)30-13-5-1-9-23(30)24-10-2-6-14-31(24)42/h1-21H. The van der Waals surface area contributed by atoms with Gasteiger partial charge in [0.25, 0.3) is 0 Å². The molecule has 0 radical (unpaired) electrons. The Morgan fingerprint density at radius 3 is 1.62 bits per heavy atom. The summed E-state index contributed by atoms with van der Waals surface area (Å²) in [6.45, 7) is 0. The Kier molecular flexibility index (Phi) is 4.97. The van der Waals surface area contributed by atoms with Gasteiger partial charge in [0.05, 0.1) is 5.57 Å². The number of carbonyl (C=O) groups is 2. The molecule has 0 fully saturated rings. The van der Waals surface area contributed by atoms with Crippen molar-refractivity contribution in [1.82, 2.24) is 0 Å². The molecule has 0 N–H and O–H groups in total. The van der Waals surface area contributed by atoms with Gasteiger partial charge in [-0.3, -0.25) is 9.59 Å². The van der Waals surface area contributed by atoms with E-state index in [1.54, 1.807) is 28.2 Å². The third-order valence-corrected chi connectivity index (χ3v) is 15.5. The van der Waals surface area contributed by atoms with Gasteiger partial charge in [-0.05, 0) is 62.2 Å². The Balaban J connectivity index is 1.25. The highest BCUT2D eigenvalue weighted by atomic mass is 32.1. The Hall–Kier alpha value is -4.62. The van der Waals surface area contributed by atoms with Crippen LogP contribution >= 0.6 is 22.7 Å². The van der Waals surface area contributed by atoms with Crippen LogP contribution in [-0.4, -0.2) is 19.6 Å². The second-order valence-corrected chi connectivity index (χ2v) is 16.3. The topological polar surface area (TPSA) is 37.4 Å². The van der Waals surface area contributed by atoms with E-state index in [2.05, 4.69) is 108 Å². The lowest BCUT2D eigenvalue weighted by Crippen LogP contribution is -2.75. The van der Waals surface area contributed by atoms with Gasteiger partial charge in [0.2, 0.25) is 0 Å². The van der Waals surface area contributed by atoms with Crippen LogP contribution in [0.25, 0.3) is 17.2 Å². The number of hydrogen-bond acceptors (Lipinski definition) is 5. The zero-order chi connectivity index (χ0) is 28.0. The number of anilines is 3. The fourth-order valence-electron chi connectivity index (χ4n) is 7.15. The molecular formula is C36H21NO2S2Si. The maximum atomic E-state index is 13.0. The molecule has 1 spiro atoms. The van der Waals surface area contributed by atoms with Crippen LogP contribution in [-0.2, 0) is 0 Å². The molecule has 0 bridgehead atoms. The minimum Gasteiger partial charge on any atom is -0.302 e. The molecule has 0 unspecified atom stereocenters. The SMILES string of the molecule is O=C1C(=Cc2ccc(N3c4ccccc4[Si]4(c5ccccc5-c5ccccc54)c4ccccc43)s2)C(=O)c2cscc21. The van der Waals surface area contributed by atoms with Crippen molar-refractivity contribution in [3.05, 3.63) is 142 Å². The van der Waals surface area contributed by atoms with Crippen molar-refractivity contribution in [1.29, 1.82) is 0 Å². The molecule has 2 aliphatic heterocycles. The molecule has 3 nitrogen and oxygen atoms in total. The molecular weight excluding hydrogens is 571 g/mol. The van der Waals surface area contributed by atoms with E-state index in [0.717, 1.165) is 9.88 Å². The largest absolute Gasteiger partial charge is 0.302 e. The van der Waals surface area contributed by atoms with Crippen molar-refractivity contribution in [3.8, 4) is 11.1 Å². The quantitative estimate of drug-likeness (QED) is 0.132. The van der Waals surface area contributed by atoms with Gasteiger partial charge in [-0.1, -0.05) is 84.9 Å². The number of allylic oxidation sites excluding steroid dienone is 1. The zero-order valence-corrected chi connectivity index (χ0v) is 24.8. The van der Waals surface area contributed by atoms with Gasteiger partial charge in [0, 0.05) is 38.1 Å². The number of ketones is 2. The van der Waals surface area contributed by atoms with E-state index >= 15 is 0 Å². The molecule has 4 heterocycles. The number of hydrogen-bond donors (Lipinski definition) is 0. The zero-order valence-electron chi connectivity index (χ0n) is 22.2. The first-order valence-corrected chi connectivity index (χ1v) is 17.6. The fraction of sp³-hybridized carbons (Fsp3) is 0. The maximum absolute atomic E-state index is 13.0. The van der Waals surface area contributed by atoms with Gasteiger partial charge in [-0.15, -0.1) is 11.3 Å². The van der Waals surface area contributed by atoms with Gasteiger partial charge in [0.1, 0.15) is 5.00 Å². The van der Waals surface area contributed by atoms with E-state index in [-0.39, 0.29) is 17.1 Å². The molecule has 4 aromatic carbocycles. The van der Waals surface area contributed by atoms with Gasteiger partial charge in [-0.2, -0.15) is 11.3 Å². The number of thiophene rings is 2. The Morgan fingerprint density at radius 2 is 1.05 bits per heavy atom. The fourth-order valence-corrected chi connectivity index (χ4v) is 14.5.